The average molecular weight is 462 g/mol. The Morgan fingerprint density at radius 1 is 0.941 bits per heavy atom. The first-order chi connectivity index (χ1) is 16.6. The number of carbonyl (C=O) groups excluding carboxylic acids is 2. The van der Waals surface area contributed by atoms with Gasteiger partial charge in [0, 0.05) is 23.5 Å². The third-order valence-corrected chi connectivity index (χ3v) is 6.20. The number of nitrogens with zero attached hydrogens (tertiary/aromatic N) is 1. The van der Waals surface area contributed by atoms with E-state index in [2.05, 4.69) is 10.3 Å². The Balaban J connectivity index is 1.61. The molecule has 3 aromatic rings. The molecule has 7 heteroatoms. The van der Waals surface area contributed by atoms with E-state index in [4.69, 9.17) is 9.47 Å². The lowest BCUT2D eigenvalue weighted by molar-refractivity contribution is -0.120. The summed E-state index contributed by atoms with van der Waals surface area (Å²) in [6, 6.07) is 18.8. The normalized spacial score (nSPS) is 13.8. The van der Waals surface area contributed by atoms with Gasteiger partial charge in [0.1, 0.15) is 12.2 Å². The number of hydrogen-bond acceptors (Lipinski definition) is 4. The Morgan fingerprint density at radius 3 is 2.38 bits per heavy atom. The lowest BCUT2D eigenvalue weighted by atomic mass is 9.95. The summed E-state index contributed by atoms with van der Waals surface area (Å²) in [6.07, 6.45) is 5.40. The van der Waals surface area contributed by atoms with Gasteiger partial charge in [0.25, 0.3) is 5.91 Å². The van der Waals surface area contributed by atoms with E-state index < -0.39 is 0 Å². The van der Waals surface area contributed by atoms with Crippen LogP contribution >= 0.6 is 0 Å². The number of anilines is 1. The molecular weight excluding hydrogens is 430 g/mol. The van der Waals surface area contributed by atoms with Crippen LogP contribution in [0.5, 0.6) is 11.5 Å². The largest absolute Gasteiger partial charge is 0.493 e. The molecule has 0 aliphatic heterocycles. The van der Waals surface area contributed by atoms with E-state index in [1.165, 1.54) is 11.3 Å². The van der Waals surface area contributed by atoms with Crippen LogP contribution in [0.15, 0.2) is 60.7 Å². The van der Waals surface area contributed by atoms with E-state index in [0.29, 0.717) is 22.9 Å². The number of hydrogen-bond donors (Lipinski definition) is 2. The van der Waals surface area contributed by atoms with E-state index >= 15 is 0 Å². The van der Waals surface area contributed by atoms with Crippen molar-refractivity contribution < 1.29 is 19.1 Å². The molecule has 1 aliphatic rings. The van der Waals surface area contributed by atoms with Crippen LogP contribution in [0.2, 0.25) is 0 Å². The van der Waals surface area contributed by atoms with Crippen molar-refractivity contribution in [1.29, 1.82) is 0 Å². The second-order valence-electron chi connectivity index (χ2n) is 8.48. The summed E-state index contributed by atoms with van der Waals surface area (Å²) < 4.78 is 10.8. The molecule has 178 valence electrons. The minimum atomic E-state index is -0.298. The fourth-order valence-electron chi connectivity index (χ4n) is 4.39. The van der Waals surface area contributed by atoms with Gasteiger partial charge in [-0.05, 0) is 42.7 Å². The molecule has 1 aliphatic carbocycles. The Kier molecular flexibility index (Phi) is 7.52. The van der Waals surface area contributed by atoms with Crippen LogP contribution in [0, 0.1) is 0 Å². The number of nitrogens with one attached hydrogen (secondary N) is 2. The minimum absolute atomic E-state index is 0.0928. The molecule has 0 radical (unpaired) electrons. The summed E-state index contributed by atoms with van der Waals surface area (Å²) in [6.45, 7) is -0.0928. The van der Waals surface area contributed by atoms with Crippen molar-refractivity contribution in [3.63, 3.8) is 0 Å². The summed E-state index contributed by atoms with van der Waals surface area (Å²) in [7, 11) is 3.10. The first-order valence-electron chi connectivity index (χ1n) is 11.7. The van der Waals surface area contributed by atoms with Gasteiger partial charge in [-0.1, -0.05) is 49.6 Å². The molecule has 0 atom stereocenters. The molecule has 1 heterocycles. The first-order valence-corrected chi connectivity index (χ1v) is 11.7. The van der Waals surface area contributed by atoms with Gasteiger partial charge in [-0.2, -0.15) is 0 Å². The number of ether oxygens (including phenoxy) is 2. The van der Waals surface area contributed by atoms with E-state index in [-0.39, 0.29) is 24.4 Å². The monoisotopic (exact) mass is 461 g/mol. The first kappa shape index (κ1) is 23.4. The van der Waals surface area contributed by atoms with Gasteiger partial charge in [0.2, 0.25) is 5.91 Å². The highest BCUT2D eigenvalue weighted by molar-refractivity contribution is 6.08. The van der Waals surface area contributed by atoms with Crippen molar-refractivity contribution in [3.05, 3.63) is 66.4 Å². The van der Waals surface area contributed by atoms with Crippen LogP contribution in [0.25, 0.3) is 11.3 Å². The highest BCUT2D eigenvalue weighted by Crippen LogP contribution is 2.32. The van der Waals surface area contributed by atoms with Crippen LogP contribution in [-0.2, 0) is 4.79 Å². The zero-order valence-corrected chi connectivity index (χ0v) is 19.7. The standard InChI is InChI=1S/C27H31N3O4/c1-33-24-16-13-21(17-25(24)34-2)30(18-26(31)28-20-11-7-4-8-12-20)27(32)23-15-14-22(29-23)19-9-5-3-6-10-19/h3,5-6,9-10,13-17,20,29H,4,7-8,11-12,18H2,1-2H3,(H,28,31). The molecule has 0 bridgehead atoms. The molecule has 1 aromatic heterocycles. The van der Waals surface area contributed by atoms with Crippen LogP contribution in [0.3, 0.4) is 0 Å². The van der Waals surface area contributed by atoms with Crippen molar-refractivity contribution in [2.75, 3.05) is 25.7 Å². The quantitative estimate of drug-likeness (QED) is 0.505. The highest BCUT2D eigenvalue weighted by atomic mass is 16.5. The number of amides is 2. The van der Waals surface area contributed by atoms with Crippen molar-refractivity contribution in [2.24, 2.45) is 0 Å². The third kappa shape index (κ3) is 5.42. The molecule has 2 aromatic carbocycles. The van der Waals surface area contributed by atoms with E-state index in [0.717, 1.165) is 36.9 Å². The van der Waals surface area contributed by atoms with Gasteiger partial charge >= 0.3 is 0 Å². The molecule has 1 fully saturated rings. The maximum Gasteiger partial charge on any atom is 0.275 e. The minimum Gasteiger partial charge on any atom is -0.493 e. The van der Waals surface area contributed by atoms with Crippen LogP contribution < -0.4 is 19.7 Å². The predicted molar refractivity (Wildman–Crippen MR) is 132 cm³/mol. The van der Waals surface area contributed by atoms with Crippen LogP contribution in [-0.4, -0.2) is 43.6 Å². The Labute approximate surface area is 200 Å². The summed E-state index contributed by atoms with van der Waals surface area (Å²) in [5, 5.41) is 3.11. The van der Waals surface area contributed by atoms with Gasteiger partial charge < -0.3 is 19.8 Å². The number of aromatic amines is 1. The van der Waals surface area contributed by atoms with Crippen molar-refractivity contribution >= 4 is 17.5 Å². The number of H-pyrrole nitrogens is 1. The van der Waals surface area contributed by atoms with Gasteiger partial charge in [-0.3, -0.25) is 14.5 Å². The van der Waals surface area contributed by atoms with E-state index in [1.54, 1.807) is 38.5 Å². The maximum absolute atomic E-state index is 13.6. The molecule has 34 heavy (non-hydrogen) atoms. The van der Waals surface area contributed by atoms with Gasteiger partial charge in [0.05, 0.1) is 14.2 Å². The highest BCUT2D eigenvalue weighted by Gasteiger charge is 2.25. The fourth-order valence-corrected chi connectivity index (χ4v) is 4.39. The van der Waals surface area contributed by atoms with Crippen LogP contribution in [0.1, 0.15) is 42.6 Å². The second-order valence-corrected chi connectivity index (χ2v) is 8.48. The lowest BCUT2D eigenvalue weighted by Gasteiger charge is -2.26. The van der Waals surface area contributed by atoms with Crippen molar-refractivity contribution in [2.45, 2.75) is 38.1 Å². The topological polar surface area (TPSA) is 83.7 Å². The third-order valence-electron chi connectivity index (χ3n) is 6.20. The Morgan fingerprint density at radius 2 is 1.68 bits per heavy atom. The van der Waals surface area contributed by atoms with Gasteiger partial charge in [-0.25, -0.2) is 0 Å². The summed E-state index contributed by atoms with van der Waals surface area (Å²) in [5.41, 5.74) is 2.77. The van der Waals surface area contributed by atoms with E-state index in [1.807, 2.05) is 36.4 Å². The number of benzene rings is 2. The van der Waals surface area contributed by atoms with E-state index in [9.17, 15) is 9.59 Å². The molecule has 1 saturated carbocycles. The molecule has 2 amide bonds. The molecule has 4 rings (SSSR count). The zero-order chi connectivity index (χ0) is 23.9. The number of aromatic nitrogens is 1. The van der Waals surface area contributed by atoms with Gasteiger partial charge in [0.15, 0.2) is 11.5 Å². The van der Waals surface area contributed by atoms with Crippen LogP contribution in [0.4, 0.5) is 5.69 Å². The summed E-state index contributed by atoms with van der Waals surface area (Å²) in [5.74, 6) is 0.566. The Bertz CT molecular complexity index is 1120. The molecule has 0 spiro atoms. The number of methoxy groups -OCH3 is 2. The smallest absolute Gasteiger partial charge is 0.275 e. The fraction of sp³-hybridized carbons (Fsp3) is 0.333. The summed E-state index contributed by atoms with van der Waals surface area (Å²) >= 11 is 0. The number of rotatable bonds is 8. The predicted octanol–water partition coefficient (Wildman–Crippen LogP) is 4.79. The number of carbonyl (C=O) groups is 2. The maximum atomic E-state index is 13.6. The molecule has 0 unspecified atom stereocenters. The second kappa shape index (κ2) is 10.9. The molecule has 0 saturated heterocycles. The summed E-state index contributed by atoms with van der Waals surface area (Å²) in [4.78, 5) is 31.3. The lowest BCUT2D eigenvalue weighted by Crippen LogP contribution is -2.45. The van der Waals surface area contributed by atoms with Gasteiger partial charge in [-0.15, -0.1) is 0 Å². The zero-order valence-electron chi connectivity index (χ0n) is 19.7. The molecule has 2 N–H and O–H groups in total. The SMILES string of the molecule is COc1ccc(N(CC(=O)NC2CCCCC2)C(=O)c2ccc(-c3ccccc3)[nH]2)cc1OC. The molecular formula is C27H31N3O4. The Hall–Kier alpha value is -3.74. The van der Waals surface area contributed by atoms with Crippen molar-refractivity contribution in [3.8, 4) is 22.8 Å². The van der Waals surface area contributed by atoms with Crippen molar-refractivity contribution in [1.82, 2.24) is 10.3 Å². The average Bonchev–Trinajstić information content (AvgIpc) is 3.38. The molecule has 7 nitrogen and oxygen atoms in total.